The molecule has 0 aromatic carbocycles. The van der Waals surface area contributed by atoms with Crippen LogP contribution in [-0.2, 0) is 21.3 Å². The van der Waals surface area contributed by atoms with Gasteiger partial charge in [-0.15, -0.1) is 0 Å². The third-order valence-corrected chi connectivity index (χ3v) is 6.65. The van der Waals surface area contributed by atoms with E-state index in [9.17, 15) is 13.2 Å². The van der Waals surface area contributed by atoms with Crippen molar-refractivity contribution in [3.05, 3.63) is 17.7 Å². The van der Waals surface area contributed by atoms with Crippen molar-refractivity contribution in [2.24, 2.45) is 0 Å². The number of ether oxygens (including phenoxy) is 1. The number of rotatable bonds is 4. The summed E-state index contributed by atoms with van der Waals surface area (Å²) in [6.45, 7) is 6.82. The van der Waals surface area contributed by atoms with Crippen LogP contribution in [-0.4, -0.2) is 71.7 Å². The van der Waals surface area contributed by atoms with E-state index < -0.39 is 10.0 Å². The molecule has 0 unspecified atom stereocenters. The number of amides is 1. The number of carbonyl (C=O) groups excluding carboxylic acids is 1. The van der Waals surface area contributed by atoms with E-state index in [1.807, 2.05) is 18.4 Å². The Labute approximate surface area is 142 Å². The number of carbonyl (C=O) groups is 1. The van der Waals surface area contributed by atoms with Crippen molar-refractivity contribution in [3.63, 3.8) is 0 Å². The molecule has 3 heterocycles. The van der Waals surface area contributed by atoms with Gasteiger partial charge in [-0.2, -0.15) is 4.31 Å². The van der Waals surface area contributed by atoms with Gasteiger partial charge in [-0.1, -0.05) is 6.92 Å². The lowest BCUT2D eigenvalue weighted by Crippen LogP contribution is -2.42. The number of fused-ring (bicyclic) bond motifs is 1. The highest BCUT2D eigenvalue weighted by molar-refractivity contribution is 7.89. The second-order valence-electron chi connectivity index (χ2n) is 6.19. The van der Waals surface area contributed by atoms with E-state index in [1.54, 1.807) is 11.1 Å². The van der Waals surface area contributed by atoms with E-state index in [1.165, 1.54) is 4.31 Å². The largest absolute Gasteiger partial charge is 0.378 e. The molecule has 2 aliphatic rings. The second-order valence-corrected chi connectivity index (χ2v) is 8.23. The molecule has 0 spiro atoms. The zero-order valence-corrected chi connectivity index (χ0v) is 15.0. The van der Waals surface area contributed by atoms with Crippen LogP contribution in [0, 0.1) is 0 Å². The minimum absolute atomic E-state index is 0.115. The number of imidazole rings is 1. The van der Waals surface area contributed by atoms with E-state index in [0.29, 0.717) is 57.3 Å². The van der Waals surface area contributed by atoms with Crippen LogP contribution < -0.4 is 0 Å². The van der Waals surface area contributed by atoms with Crippen LogP contribution in [0.5, 0.6) is 0 Å². The Hall–Kier alpha value is -1.45. The van der Waals surface area contributed by atoms with E-state index in [0.717, 1.165) is 0 Å². The van der Waals surface area contributed by atoms with Crippen molar-refractivity contribution in [2.45, 2.75) is 32.9 Å². The molecule has 0 radical (unpaired) electrons. The highest BCUT2D eigenvalue weighted by Crippen LogP contribution is 2.28. The van der Waals surface area contributed by atoms with Gasteiger partial charge < -0.3 is 14.2 Å². The molecule has 0 bridgehead atoms. The van der Waals surface area contributed by atoms with Crippen LogP contribution in [0.4, 0.5) is 0 Å². The number of aromatic nitrogens is 2. The maximum atomic E-state index is 12.6. The van der Waals surface area contributed by atoms with Crippen LogP contribution in [0.25, 0.3) is 0 Å². The van der Waals surface area contributed by atoms with E-state index in [4.69, 9.17) is 4.74 Å². The summed E-state index contributed by atoms with van der Waals surface area (Å²) in [4.78, 5) is 18.8. The molecule has 1 aromatic heterocycles. The Morgan fingerprint density at radius 1 is 1.29 bits per heavy atom. The molecular weight excluding hydrogens is 332 g/mol. The summed E-state index contributed by atoms with van der Waals surface area (Å²) in [5, 5.41) is 0. The van der Waals surface area contributed by atoms with Crippen molar-refractivity contribution in [1.82, 2.24) is 18.8 Å². The lowest BCUT2D eigenvalue weighted by Gasteiger charge is -2.32. The monoisotopic (exact) mass is 356 g/mol. The first-order valence-electron chi connectivity index (χ1n) is 8.37. The van der Waals surface area contributed by atoms with Crippen molar-refractivity contribution in [1.29, 1.82) is 0 Å². The first-order valence-corrected chi connectivity index (χ1v) is 9.98. The van der Waals surface area contributed by atoms with E-state index in [-0.39, 0.29) is 17.7 Å². The molecule has 9 heteroatoms. The minimum Gasteiger partial charge on any atom is -0.378 e. The molecule has 0 saturated carbocycles. The van der Waals surface area contributed by atoms with Crippen LogP contribution in [0.2, 0.25) is 0 Å². The zero-order chi connectivity index (χ0) is 17.3. The average molecular weight is 356 g/mol. The summed E-state index contributed by atoms with van der Waals surface area (Å²) in [5.41, 5.74) is 0.383. The smallest absolute Gasteiger partial charge is 0.274 e. The number of sulfonamides is 1. The average Bonchev–Trinajstić information content (AvgIpc) is 3.00. The summed E-state index contributed by atoms with van der Waals surface area (Å²) < 4.78 is 33.5. The molecule has 0 N–H and O–H groups in total. The molecule has 8 nitrogen and oxygen atoms in total. The SMILES string of the molecule is CCCS(=O)(=O)N1CCn2cc(C(=O)N3CCOCC3)nc2[C@@H]1C. The van der Waals surface area contributed by atoms with Gasteiger partial charge in [-0.25, -0.2) is 13.4 Å². The van der Waals surface area contributed by atoms with Crippen molar-refractivity contribution in [3.8, 4) is 0 Å². The lowest BCUT2D eigenvalue weighted by atomic mass is 10.2. The van der Waals surface area contributed by atoms with Crippen molar-refractivity contribution in [2.75, 3.05) is 38.6 Å². The first-order chi connectivity index (χ1) is 11.4. The Balaban J connectivity index is 1.82. The fraction of sp³-hybridized carbons (Fsp3) is 0.733. The third kappa shape index (κ3) is 3.20. The quantitative estimate of drug-likeness (QED) is 0.783. The maximum absolute atomic E-state index is 12.6. The molecule has 134 valence electrons. The molecule has 1 saturated heterocycles. The summed E-state index contributed by atoms with van der Waals surface area (Å²) in [5.74, 6) is 0.658. The fourth-order valence-electron chi connectivity index (χ4n) is 3.26. The highest BCUT2D eigenvalue weighted by Gasteiger charge is 2.35. The molecule has 24 heavy (non-hydrogen) atoms. The maximum Gasteiger partial charge on any atom is 0.274 e. The van der Waals surface area contributed by atoms with Gasteiger partial charge in [0.1, 0.15) is 11.5 Å². The Bertz CT molecular complexity index is 709. The van der Waals surface area contributed by atoms with Gasteiger partial charge in [0, 0.05) is 32.4 Å². The van der Waals surface area contributed by atoms with Crippen molar-refractivity contribution < 1.29 is 17.9 Å². The van der Waals surface area contributed by atoms with E-state index >= 15 is 0 Å². The fourth-order valence-corrected chi connectivity index (χ4v) is 4.94. The van der Waals surface area contributed by atoms with Gasteiger partial charge in [-0.3, -0.25) is 4.79 Å². The number of nitrogens with zero attached hydrogens (tertiary/aromatic N) is 4. The molecular formula is C15H24N4O4S. The Kier molecular flexibility index (Phi) is 4.93. The topological polar surface area (TPSA) is 84.7 Å². The zero-order valence-electron chi connectivity index (χ0n) is 14.1. The molecule has 1 aromatic rings. The summed E-state index contributed by atoms with van der Waals surface area (Å²) in [6.07, 6.45) is 2.33. The standard InChI is InChI=1S/C15H24N4O4S/c1-3-10-24(21,22)19-5-4-18-11-13(16-14(18)12(19)2)15(20)17-6-8-23-9-7-17/h11-12H,3-10H2,1-2H3/t12-/m0/s1. The van der Waals surface area contributed by atoms with Gasteiger partial charge in [0.2, 0.25) is 10.0 Å². The van der Waals surface area contributed by atoms with Crippen LogP contribution in [0.15, 0.2) is 6.20 Å². The van der Waals surface area contributed by atoms with Gasteiger partial charge in [0.15, 0.2) is 0 Å². The normalized spacial score (nSPS) is 22.4. The summed E-state index contributed by atoms with van der Waals surface area (Å²) in [6, 6.07) is -0.360. The van der Waals surface area contributed by atoms with Gasteiger partial charge in [0.05, 0.1) is 25.0 Å². The molecule has 1 amide bonds. The summed E-state index contributed by atoms with van der Waals surface area (Å²) in [7, 11) is -3.29. The van der Waals surface area contributed by atoms with Gasteiger partial charge in [-0.05, 0) is 13.3 Å². The van der Waals surface area contributed by atoms with Gasteiger partial charge >= 0.3 is 0 Å². The predicted molar refractivity (Wildman–Crippen MR) is 88.1 cm³/mol. The Morgan fingerprint density at radius 3 is 2.67 bits per heavy atom. The van der Waals surface area contributed by atoms with Crippen LogP contribution in [0.3, 0.4) is 0 Å². The summed E-state index contributed by atoms with van der Waals surface area (Å²) >= 11 is 0. The Morgan fingerprint density at radius 2 is 2.00 bits per heavy atom. The number of hydrogen-bond acceptors (Lipinski definition) is 5. The molecule has 1 atom stereocenters. The molecule has 3 rings (SSSR count). The van der Waals surface area contributed by atoms with Crippen molar-refractivity contribution >= 4 is 15.9 Å². The molecule has 1 fully saturated rings. The number of hydrogen-bond donors (Lipinski definition) is 0. The minimum atomic E-state index is -3.29. The van der Waals surface area contributed by atoms with Crippen LogP contribution >= 0.6 is 0 Å². The third-order valence-electron chi connectivity index (χ3n) is 4.51. The first kappa shape index (κ1) is 17.4. The van der Waals surface area contributed by atoms with E-state index in [2.05, 4.69) is 4.98 Å². The molecule has 2 aliphatic heterocycles. The second kappa shape index (κ2) is 6.81. The highest BCUT2D eigenvalue weighted by atomic mass is 32.2. The lowest BCUT2D eigenvalue weighted by molar-refractivity contribution is 0.0299. The van der Waals surface area contributed by atoms with Gasteiger partial charge in [0.25, 0.3) is 5.91 Å². The van der Waals surface area contributed by atoms with Crippen LogP contribution in [0.1, 0.15) is 42.6 Å². The predicted octanol–water partition coefficient (Wildman–Crippen LogP) is 0.472. The number of morpholine rings is 1. The molecule has 0 aliphatic carbocycles.